The molecule has 0 bridgehead atoms. The number of hydrogen-bond acceptors (Lipinski definition) is 5. The van der Waals surface area contributed by atoms with E-state index in [9.17, 15) is 18.0 Å². The topological polar surface area (TPSA) is 96.0 Å². The van der Waals surface area contributed by atoms with Crippen LogP contribution < -0.4 is 14.4 Å². The molecule has 248 valence electrons. The number of benzene rings is 4. The van der Waals surface area contributed by atoms with E-state index in [-0.39, 0.29) is 29.5 Å². The number of carbonyl (C=O) groups excluding carboxylic acids is 2. The maximum atomic E-state index is 14.4. The summed E-state index contributed by atoms with van der Waals surface area (Å²) in [5.74, 6) is 0.173. The van der Waals surface area contributed by atoms with E-state index in [0.29, 0.717) is 33.7 Å². The minimum atomic E-state index is -4.24. The van der Waals surface area contributed by atoms with Crippen LogP contribution in [0.2, 0.25) is 10.0 Å². The van der Waals surface area contributed by atoms with Crippen molar-refractivity contribution in [2.45, 2.75) is 57.5 Å². The van der Waals surface area contributed by atoms with Crippen LogP contribution in [-0.2, 0) is 26.2 Å². The van der Waals surface area contributed by atoms with Gasteiger partial charge in [-0.1, -0.05) is 85.4 Å². The number of unbranched alkanes of at least 4 members (excludes halogenated alkanes) is 1. The molecule has 47 heavy (non-hydrogen) atoms. The van der Waals surface area contributed by atoms with Crippen LogP contribution in [0.5, 0.6) is 11.5 Å². The van der Waals surface area contributed by atoms with Crippen LogP contribution in [-0.4, -0.2) is 44.3 Å². The van der Waals surface area contributed by atoms with E-state index in [1.165, 1.54) is 17.0 Å². The molecule has 4 aromatic rings. The first kappa shape index (κ1) is 35.8. The third-order valence-electron chi connectivity index (χ3n) is 7.60. The van der Waals surface area contributed by atoms with Crippen molar-refractivity contribution in [2.24, 2.45) is 0 Å². The summed E-state index contributed by atoms with van der Waals surface area (Å²) < 4.78 is 35.3. The summed E-state index contributed by atoms with van der Waals surface area (Å²) in [5.41, 5.74) is 1.59. The number of nitrogens with one attached hydrogen (secondary N) is 1. The molecule has 4 rings (SSSR count). The minimum Gasteiger partial charge on any atom is -0.457 e. The molecule has 0 spiro atoms. The van der Waals surface area contributed by atoms with Gasteiger partial charge in [-0.25, -0.2) is 8.42 Å². The van der Waals surface area contributed by atoms with Crippen LogP contribution in [0, 0.1) is 6.92 Å². The molecule has 1 unspecified atom stereocenters. The minimum absolute atomic E-state index is 0.0190. The largest absolute Gasteiger partial charge is 0.457 e. The van der Waals surface area contributed by atoms with Gasteiger partial charge < -0.3 is 15.0 Å². The Bertz CT molecular complexity index is 1730. The predicted molar refractivity (Wildman–Crippen MR) is 188 cm³/mol. The van der Waals surface area contributed by atoms with Crippen LogP contribution in [0.4, 0.5) is 5.69 Å². The lowest BCUT2D eigenvalue weighted by molar-refractivity contribution is -0.140. The Morgan fingerprint density at radius 2 is 1.45 bits per heavy atom. The van der Waals surface area contributed by atoms with Gasteiger partial charge in [-0.2, -0.15) is 0 Å². The van der Waals surface area contributed by atoms with Crippen molar-refractivity contribution in [3.05, 3.63) is 118 Å². The Kier molecular flexibility index (Phi) is 12.7. The molecule has 8 nitrogen and oxygen atoms in total. The van der Waals surface area contributed by atoms with Crippen LogP contribution in [0.25, 0.3) is 0 Å². The van der Waals surface area contributed by atoms with E-state index in [1.54, 1.807) is 61.5 Å². The standard InChI is InChI=1S/C36H39Cl2N3O5S/c1-4-6-23-39-36(43)34(5-2)40(24-31-32(37)13-10-14-33(31)38)35(42)25-41(47(44,45)30-21-15-26(3)16-22-30)27-17-19-29(20-18-27)46-28-11-8-7-9-12-28/h7-22,34H,4-6,23-25H2,1-3H3,(H,39,43). The highest BCUT2D eigenvalue weighted by Gasteiger charge is 2.34. The maximum Gasteiger partial charge on any atom is 0.264 e. The summed E-state index contributed by atoms with van der Waals surface area (Å²) in [6, 6.07) is 26.1. The van der Waals surface area contributed by atoms with Gasteiger partial charge in [0.25, 0.3) is 10.0 Å². The van der Waals surface area contributed by atoms with Gasteiger partial charge in [-0.15, -0.1) is 0 Å². The zero-order valence-electron chi connectivity index (χ0n) is 26.7. The van der Waals surface area contributed by atoms with E-state index < -0.39 is 28.5 Å². The molecule has 1 atom stereocenters. The average molecular weight is 697 g/mol. The fourth-order valence-electron chi connectivity index (χ4n) is 4.95. The van der Waals surface area contributed by atoms with Crippen LogP contribution in [0.1, 0.15) is 44.2 Å². The van der Waals surface area contributed by atoms with E-state index in [0.717, 1.165) is 22.7 Å². The second-order valence-electron chi connectivity index (χ2n) is 11.0. The number of hydrogen-bond donors (Lipinski definition) is 1. The monoisotopic (exact) mass is 695 g/mol. The molecule has 1 N–H and O–H groups in total. The number of nitrogens with zero attached hydrogens (tertiary/aromatic N) is 2. The molecule has 0 aliphatic heterocycles. The van der Waals surface area contributed by atoms with E-state index in [4.69, 9.17) is 27.9 Å². The van der Waals surface area contributed by atoms with Crippen molar-refractivity contribution in [3.63, 3.8) is 0 Å². The van der Waals surface area contributed by atoms with Crippen molar-refractivity contribution in [2.75, 3.05) is 17.4 Å². The summed E-state index contributed by atoms with van der Waals surface area (Å²) >= 11 is 13.0. The Balaban J connectivity index is 1.74. The number of para-hydroxylation sites is 1. The summed E-state index contributed by atoms with van der Waals surface area (Å²) in [5, 5.41) is 3.57. The number of sulfonamides is 1. The van der Waals surface area contributed by atoms with Gasteiger partial charge in [-0.3, -0.25) is 13.9 Å². The molecule has 0 heterocycles. The highest BCUT2D eigenvalue weighted by molar-refractivity contribution is 7.92. The molecular formula is C36H39Cl2N3O5S. The highest BCUT2D eigenvalue weighted by Crippen LogP contribution is 2.30. The Morgan fingerprint density at radius 3 is 2.04 bits per heavy atom. The van der Waals surface area contributed by atoms with E-state index in [2.05, 4.69) is 5.32 Å². The lowest BCUT2D eigenvalue weighted by Crippen LogP contribution is -2.52. The molecule has 2 amide bonds. The number of amides is 2. The van der Waals surface area contributed by atoms with Crippen molar-refractivity contribution in [1.82, 2.24) is 10.2 Å². The van der Waals surface area contributed by atoms with Crippen molar-refractivity contribution >= 4 is 50.7 Å². The SMILES string of the molecule is CCCCNC(=O)C(CC)N(Cc1c(Cl)cccc1Cl)C(=O)CN(c1ccc(Oc2ccccc2)cc1)S(=O)(=O)c1ccc(C)cc1. The van der Waals surface area contributed by atoms with Gasteiger partial charge in [-0.05, 0) is 80.4 Å². The quantitative estimate of drug-likeness (QED) is 0.127. The summed E-state index contributed by atoms with van der Waals surface area (Å²) in [6.07, 6.45) is 1.94. The predicted octanol–water partition coefficient (Wildman–Crippen LogP) is 8.01. The molecule has 0 aliphatic rings. The molecule has 0 aromatic heterocycles. The molecule has 0 saturated heterocycles. The second kappa shape index (κ2) is 16.7. The van der Waals surface area contributed by atoms with Crippen LogP contribution in [0.15, 0.2) is 102 Å². The zero-order chi connectivity index (χ0) is 34.0. The molecule has 0 radical (unpaired) electrons. The fraction of sp³-hybridized carbons (Fsp3) is 0.278. The number of anilines is 1. The first-order valence-electron chi connectivity index (χ1n) is 15.5. The number of aryl methyl sites for hydroxylation is 1. The van der Waals surface area contributed by atoms with E-state index >= 15 is 0 Å². The lowest BCUT2D eigenvalue weighted by Gasteiger charge is -2.33. The third-order valence-corrected chi connectivity index (χ3v) is 10.1. The summed E-state index contributed by atoms with van der Waals surface area (Å²) in [6.45, 7) is 5.44. The molecule has 4 aromatic carbocycles. The zero-order valence-corrected chi connectivity index (χ0v) is 29.0. The Morgan fingerprint density at radius 1 is 0.830 bits per heavy atom. The second-order valence-corrected chi connectivity index (χ2v) is 13.7. The van der Waals surface area contributed by atoms with E-state index in [1.807, 2.05) is 44.2 Å². The summed E-state index contributed by atoms with van der Waals surface area (Å²) in [7, 11) is -4.24. The Labute approximate surface area is 287 Å². The van der Waals surface area contributed by atoms with Gasteiger partial charge in [0, 0.05) is 28.7 Å². The fourth-order valence-corrected chi connectivity index (χ4v) is 6.88. The smallest absolute Gasteiger partial charge is 0.264 e. The van der Waals surface area contributed by atoms with Gasteiger partial charge in [0.05, 0.1) is 10.6 Å². The number of halogens is 2. The number of rotatable bonds is 15. The third kappa shape index (κ3) is 9.28. The molecule has 0 saturated carbocycles. The molecule has 11 heteroatoms. The first-order chi connectivity index (χ1) is 22.5. The van der Waals surface area contributed by atoms with Crippen molar-refractivity contribution in [3.8, 4) is 11.5 Å². The van der Waals surface area contributed by atoms with Crippen molar-refractivity contribution < 1.29 is 22.7 Å². The normalized spacial score (nSPS) is 11.9. The van der Waals surface area contributed by atoms with Gasteiger partial charge >= 0.3 is 0 Å². The maximum absolute atomic E-state index is 14.4. The lowest BCUT2D eigenvalue weighted by atomic mass is 10.1. The van der Waals surface area contributed by atoms with Crippen LogP contribution >= 0.6 is 23.2 Å². The molecular weight excluding hydrogens is 657 g/mol. The van der Waals surface area contributed by atoms with Gasteiger partial charge in [0.2, 0.25) is 11.8 Å². The van der Waals surface area contributed by atoms with Gasteiger partial charge in [0.15, 0.2) is 0 Å². The van der Waals surface area contributed by atoms with Crippen molar-refractivity contribution in [1.29, 1.82) is 0 Å². The summed E-state index contributed by atoms with van der Waals surface area (Å²) in [4.78, 5) is 29.2. The number of carbonyl (C=O) groups is 2. The number of ether oxygens (including phenoxy) is 1. The first-order valence-corrected chi connectivity index (χ1v) is 17.7. The van der Waals surface area contributed by atoms with Crippen LogP contribution in [0.3, 0.4) is 0 Å². The molecule has 0 aliphatic carbocycles. The molecule has 0 fully saturated rings. The highest BCUT2D eigenvalue weighted by atomic mass is 35.5. The Hall–Kier alpha value is -4.05. The average Bonchev–Trinajstić information content (AvgIpc) is 3.06. The van der Waals surface area contributed by atoms with Gasteiger partial charge in [0.1, 0.15) is 24.1 Å².